The molecule has 2 heterocycles. The molecule has 9 heteroatoms. The van der Waals surface area contributed by atoms with Crippen LogP contribution < -0.4 is 10.4 Å². The molecule has 0 aromatic carbocycles. The highest BCUT2D eigenvalue weighted by Crippen LogP contribution is 2.37. The van der Waals surface area contributed by atoms with Gasteiger partial charge in [0.2, 0.25) is 10.0 Å². The number of hydrogen-bond acceptors (Lipinski definition) is 5. The van der Waals surface area contributed by atoms with E-state index in [0.717, 1.165) is 30.6 Å². The van der Waals surface area contributed by atoms with E-state index in [-0.39, 0.29) is 30.1 Å². The van der Waals surface area contributed by atoms with Gasteiger partial charge in [0.1, 0.15) is 0 Å². The number of thiophene rings is 1. The number of nitrogens with one attached hydrogen (secondary N) is 1. The van der Waals surface area contributed by atoms with Gasteiger partial charge in [-0.25, -0.2) is 22.6 Å². The van der Waals surface area contributed by atoms with Crippen molar-refractivity contribution >= 4 is 21.4 Å². The summed E-state index contributed by atoms with van der Waals surface area (Å²) in [6, 6.07) is 4.12. The maximum atomic E-state index is 12.6. The van der Waals surface area contributed by atoms with E-state index < -0.39 is 10.0 Å². The normalized spacial score (nSPS) is 18.4. The molecule has 2 aromatic rings. The van der Waals surface area contributed by atoms with Crippen LogP contribution >= 0.6 is 11.3 Å². The zero-order chi connectivity index (χ0) is 16.0. The maximum Gasteiger partial charge on any atom is 0.346 e. The third-order valence-corrected chi connectivity index (χ3v) is 6.94. The van der Waals surface area contributed by atoms with Gasteiger partial charge >= 0.3 is 5.69 Å². The van der Waals surface area contributed by atoms with Crippen LogP contribution in [0, 0.1) is 0 Å². The van der Waals surface area contributed by atoms with Crippen molar-refractivity contribution in [2.75, 3.05) is 6.54 Å². The Hall–Kier alpha value is -1.45. The molecule has 0 radical (unpaired) electrons. The van der Waals surface area contributed by atoms with Crippen LogP contribution in [0.4, 0.5) is 0 Å². The van der Waals surface area contributed by atoms with E-state index in [0.29, 0.717) is 5.82 Å². The molecule has 2 aliphatic rings. The SMILES string of the molecule is O=c1n(CCNS(=O)(=O)C2CC2)nc(-c2cccs2)n1C1CC1. The van der Waals surface area contributed by atoms with E-state index in [2.05, 4.69) is 9.82 Å². The summed E-state index contributed by atoms with van der Waals surface area (Å²) < 4.78 is 29.3. The lowest BCUT2D eigenvalue weighted by molar-refractivity contribution is 0.546. The lowest BCUT2D eigenvalue weighted by Crippen LogP contribution is -2.33. The topological polar surface area (TPSA) is 86.0 Å². The van der Waals surface area contributed by atoms with Gasteiger partial charge in [-0.3, -0.25) is 4.57 Å². The van der Waals surface area contributed by atoms with Crippen LogP contribution in [0.25, 0.3) is 10.7 Å². The Labute approximate surface area is 138 Å². The van der Waals surface area contributed by atoms with Gasteiger partial charge in [0.25, 0.3) is 0 Å². The van der Waals surface area contributed by atoms with Crippen molar-refractivity contribution in [2.45, 2.75) is 43.5 Å². The molecule has 0 atom stereocenters. The minimum atomic E-state index is -3.22. The molecule has 23 heavy (non-hydrogen) atoms. The summed E-state index contributed by atoms with van der Waals surface area (Å²) in [5, 5.41) is 6.15. The van der Waals surface area contributed by atoms with Crippen LogP contribution in [0.3, 0.4) is 0 Å². The van der Waals surface area contributed by atoms with Crippen molar-refractivity contribution in [1.29, 1.82) is 0 Å². The van der Waals surface area contributed by atoms with Crippen molar-refractivity contribution in [3.63, 3.8) is 0 Å². The quantitative estimate of drug-likeness (QED) is 0.809. The van der Waals surface area contributed by atoms with Gasteiger partial charge in [-0.2, -0.15) is 0 Å². The zero-order valence-electron chi connectivity index (χ0n) is 12.5. The Morgan fingerprint density at radius 2 is 2.09 bits per heavy atom. The predicted molar refractivity (Wildman–Crippen MR) is 88.0 cm³/mol. The molecule has 2 saturated carbocycles. The average molecular weight is 354 g/mol. The molecule has 1 N–H and O–H groups in total. The number of hydrogen-bond donors (Lipinski definition) is 1. The van der Waals surface area contributed by atoms with Crippen molar-refractivity contribution in [3.8, 4) is 10.7 Å². The first-order valence-electron chi connectivity index (χ1n) is 7.78. The molecular formula is C14H18N4O3S2. The van der Waals surface area contributed by atoms with Gasteiger partial charge < -0.3 is 0 Å². The number of rotatable bonds is 7. The standard InChI is InChI=1S/C14H18N4O3S2/c19-14-17(8-7-15-23(20,21)11-5-6-11)16-13(12-2-1-9-22-12)18(14)10-3-4-10/h1-2,9-11,15H,3-8H2. The summed E-state index contributed by atoms with van der Waals surface area (Å²) in [6.07, 6.45) is 3.46. The van der Waals surface area contributed by atoms with Crippen LogP contribution in [-0.2, 0) is 16.6 Å². The Morgan fingerprint density at radius 1 is 1.30 bits per heavy atom. The van der Waals surface area contributed by atoms with Crippen molar-refractivity contribution < 1.29 is 8.42 Å². The van der Waals surface area contributed by atoms with Gasteiger partial charge in [-0.15, -0.1) is 16.4 Å². The van der Waals surface area contributed by atoms with Gasteiger partial charge in [-0.1, -0.05) is 6.07 Å². The summed E-state index contributed by atoms with van der Waals surface area (Å²) in [4.78, 5) is 13.5. The summed E-state index contributed by atoms with van der Waals surface area (Å²) in [6.45, 7) is 0.452. The van der Waals surface area contributed by atoms with E-state index in [1.54, 1.807) is 15.9 Å². The van der Waals surface area contributed by atoms with E-state index in [1.165, 1.54) is 4.68 Å². The molecule has 0 bridgehead atoms. The van der Waals surface area contributed by atoms with Crippen molar-refractivity contribution in [3.05, 3.63) is 28.0 Å². The number of sulfonamides is 1. The second-order valence-electron chi connectivity index (χ2n) is 6.05. The van der Waals surface area contributed by atoms with Gasteiger partial charge in [0.15, 0.2) is 5.82 Å². The Balaban J connectivity index is 1.55. The first kappa shape index (κ1) is 15.1. The van der Waals surface area contributed by atoms with Crippen LogP contribution in [0.1, 0.15) is 31.7 Å². The van der Waals surface area contributed by atoms with Crippen LogP contribution in [0.2, 0.25) is 0 Å². The maximum absolute atomic E-state index is 12.6. The van der Waals surface area contributed by atoms with Crippen molar-refractivity contribution in [1.82, 2.24) is 19.1 Å². The Morgan fingerprint density at radius 3 is 2.70 bits per heavy atom. The van der Waals surface area contributed by atoms with E-state index >= 15 is 0 Å². The molecular weight excluding hydrogens is 336 g/mol. The molecule has 0 unspecified atom stereocenters. The molecule has 2 fully saturated rings. The number of nitrogens with zero attached hydrogens (tertiary/aromatic N) is 3. The summed E-state index contributed by atoms with van der Waals surface area (Å²) in [5.74, 6) is 0.692. The average Bonchev–Trinajstić information content (AvgIpc) is 3.44. The molecule has 0 amide bonds. The monoisotopic (exact) mass is 354 g/mol. The van der Waals surface area contributed by atoms with Gasteiger partial charge in [0.05, 0.1) is 16.7 Å². The minimum absolute atomic E-state index is 0.151. The van der Waals surface area contributed by atoms with E-state index in [1.807, 2.05) is 17.5 Å². The largest absolute Gasteiger partial charge is 0.346 e. The highest BCUT2D eigenvalue weighted by Gasteiger charge is 2.35. The Bertz CT molecular complexity index is 858. The summed E-state index contributed by atoms with van der Waals surface area (Å²) in [7, 11) is -3.22. The zero-order valence-corrected chi connectivity index (χ0v) is 14.1. The summed E-state index contributed by atoms with van der Waals surface area (Å²) in [5.41, 5.74) is -0.151. The molecule has 2 aromatic heterocycles. The smallest absolute Gasteiger partial charge is 0.271 e. The third kappa shape index (κ3) is 3.00. The lowest BCUT2D eigenvalue weighted by Gasteiger charge is -2.04. The second kappa shape index (κ2) is 5.57. The van der Waals surface area contributed by atoms with Crippen LogP contribution in [-0.4, -0.2) is 34.6 Å². The third-order valence-electron chi connectivity index (χ3n) is 4.11. The molecule has 0 spiro atoms. The molecule has 0 aliphatic heterocycles. The lowest BCUT2D eigenvalue weighted by atomic mass is 10.4. The first-order chi connectivity index (χ1) is 11.1. The summed E-state index contributed by atoms with van der Waals surface area (Å²) >= 11 is 1.55. The van der Waals surface area contributed by atoms with E-state index in [4.69, 9.17) is 0 Å². The highest BCUT2D eigenvalue weighted by molar-refractivity contribution is 7.90. The predicted octanol–water partition coefficient (Wildman–Crippen LogP) is 1.19. The van der Waals surface area contributed by atoms with E-state index in [9.17, 15) is 13.2 Å². The fraction of sp³-hybridized carbons (Fsp3) is 0.571. The molecule has 124 valence electrons. The van der Waals surface area contributed by atoms with Crippen LogP contribution in [0.15, 0.2) is 22.3 Å². The fourth-order valence-electron chi connectivity index (χ4n) is 2.59. The number of aromatic nitrogens is 3. The second-order valence-corrected chi connectivity index (χ2v) is 9.04. The minimum Gasteiger partial charge on any atom is -0.271 e. The highest BCUT2D eigenvalue weighted by atomic mass is 32.2. The van der Waals surface area contributed by atoms with Crippen LogP contribution in [0.5, 0.6) is 0 Å². The molecule has 7 nitrogen and oxygen atoms in total. The fourth-order valence-corrected chi connectivity index (χ4v) is 4.67. The van der Waals surface area contributed by atoms with Gasteiger partial charge in [0, 0.05) is 12.6 Å². The first-order valence-corrected chi connectivity index (χ1v) is 10.2. The molecule has 4 rings (SSSR count). The Kier molecular flexibility index (Phi) is 3.66. The molecule has 0 saturated heterocycles. The van der Waals surface area contributed by atoms with Crippen molar-refractivity contribution in [2.24, 2.45) is 0 Å². The molecule has 2 aliphatic carbocycles. The van der Waals surface area contributed by atoms with Gasteiger partial charge in [-0.05, 0) is 37.1 Å².